The number of nitrogens with one attached hydrogen (secondary N) is 1. The molecule has 0 saturated carbocycles. The van der Waals surface area contributed by atoms with Gasteiger partial charge in [-0.2, -0.15) is 5.26 Å². The van der Waals surface area contributed by atoms with Crippen LogP contribution in [-0.4, -0.2) is 9.91 Å². The molecule has 0 aliphatic rings. The highest BCUT2D eigenvalue weighted by Gasteiger charge is 2.15. The molecule has 2 aromatic heterocycles. The van der Waals surface area contributed by atoms with Crippen LogP contribution in [0.4, 0.5) is 5.69 Å². The number of rotatable bonds is 3. The average Bonchev–Trinajstić information content (AvgIpc) is 3.00. The number of aromatic nitrogens is 1. The zero-order valence-electron chi connectivity index (χ0n) is 12.6. The molecule has 3 rings (SSSR count). The summed E-state index contributed by atoms with van der Waals surface area (Å²) in [5.74, 6) is 0. The second kappa shape index (κ2) is 6.10. The van der Waals surface area contributed by atoms with Gasteiger partial charge in [0, 0.05) is 22.6 Å². The highest BCUT2D eigenvalue weighted by atomic mass is 32.1. The molecular weight excluding hydrogens is 326 g/mol. The number of aromatic amines is 1. The number of hydrogen-bond donors (Lipinski definition) is 1. The third kappa shape index (κ3) is 2.83. The van der Waals surface area contributed by atoms with Crippen molar-refractivity contribution in [1.82, 2.24) is 4.98 Å². The van der Waals surface area contributed by atoms with Crippen molar-refractivity contribution >= 4 is 17.0 Å². The number of thiophene rings is 1. The van der Waals surface area contributed by atoms with E-state index in [9.17, 15) is 20.2 Å². The molecule has 2 heterocycles. The summed E-state index contributed by atoms with van der Waals surface area (Å²) in [7, 11) is 0. The first-order chi connectivity index (χ1) is 11.5. The fraction of sp³-hybridized carbons (Fsp3) is 0.0588. The molecule has 0 fully saturated rings. The number of non-ortho nitro benzene ring substituents is 1. The van der Waals surface area contributed by atoms with Crippen LogP contribution in [0.2, 0.25) is 0 Å². The van der Waals surface area contributed by atoms with Gasteiger partial charge in [0.1, 0.15) is 11.6 Å². The number of nitro benzene ring substituents is 1. The summed E-state index contributed by atoms with van der Waals surface area (Å²) in [4.78, 5) is 27.4. The third-order valence-electron chi connectivity index (χ3n) is 3.52. The summed E-state index contributed by atoms with van der Waals surface area (Å²) in [6, 6.07) is 13.3. The maximum Gasteiger partial charge on any atom is 0.270 e. The van der Waals surface area contributed by atoms with Crippen LogP contribution in [0.1, 0.15) is 10.4 Å². The molecular formula is C17H11N3O3S. The topological polar surface area (TPSA) is 99.8 Å². The van der Waals surface area contributed by atoms with E-state index in [0.29, 0.717) is 16.8 Å². The fourth-order valence-electron chi connectivity index (χ4n) is 2.40. The van der Waals surface area contributed by atoms with E-state index in [4.69, 9.17) is 0 Å². The molecule has 0 aliphatic heterocycles. The van der Waals surface area contributed by atoms with Crippen LogP contribution in [0.5, 0.6) is 0 Å². The Morgan fingerprint density at radius 2 is 2.04 bits per heavy atom. The van der Waals surface area contributed by atoms with Crippen LogP contribution in [0.15, 0.2) is 47.3 Å². The van der Waals surface area contributed by atoms with Gasteiger partial charge in [0.25, 0.3) is 11.2 Å². The van der Waals surface area contributed by atoms with Crippen LogP contribution in [-0.2, 0) is 0 Å². The van der Waals surface area contributed by atoms with Gasteiger partial charge >= 0.3 is 0 Å². The summed E-state index contributed by atoms with van der Waals surface area (Å²) in [5.41, 5.74) is 0.756. The monoisotopic (exact) mass is 337 g/mol. The van der Waals surface area contributed by atoms with E-state index in [2.05, 4.69) is 4.98 Å². The fourth-order valence-corrected chi connectivity index (χ4v) is 3.24. The molecule has 1 aromatic carbocycles. The quantitative estimate of drug-likeness (QED) is 0.579. The molecule has 0 spiro atoms. The Balaban J connectivity index is 2.25. The summed E-state index contributed by atoms with van der Waals surface area (Å²) < 4.78 is 0. The maximum atomic E-state index is 12.3. The molecule has 6 nitrogen and oxygen atoms in total. The molecule has 0 unspecified atom stereocenters. The van der Waals surface area contributed by atoms with E-state index in [1.807, 2.05) is 25.1 Å². The van der Waals surface area contributed by atoms with E-state index in [-0.39, 0.29) is 11.3 Å². The molecule has 0 saturated heterocycles. The SMILES string of the molecule is Cc1ccc(-c2cc(-c3cccc([N+](=O)[O-])c3)c(C#N)c(=O)[nH]2)s1. The molecule has 118 valence electrons. The van der Waals surface area contributed by atoms with Crippen LogP contribution in [0.25, 0.3) is 21.7 Å². The Kier molecular flexibility index (Phi) is 3.98. The minimum absolute atomic E-state index is 0.0625. The Hall–Kier alpha value is -3.24. The van der Waals surface area contributed by atoms with Crippen molar-refractivity contribution in [3.63, 3.8) is 0 Å². The molecule has 0 aliphatic carbocycles. The van der Waals surface area contributed by atoms with Gasteiger partial charge in [-0.25, -0.2) is 0 Å². The van der Waals surface area contributed by atoms with E-state index in [1.165, 1.54) is 29.5 Å². The Labute approximate surface area is 140 Å². The highest BCUT2D eigenvalue weighted by Crippen LogP contribution is 2.31. The van der Waals surface area contributed by atoms with E-state index in [0.717, 1.165) is 9.75 Å². The van der Waals surface area contributed by atoms with Gasteiger partial charge in [0.2, 0.25) is 0 Å². The molecule has 7 heteroatoms. The van der Waals surface area contributed by atoms with E-state index >= 15 is 0 Å². The summed E-state index contributed by atoms with van der Waals surface area (Å²) in [5, 5.41) is 20.3. The molecule has 3 aromatic rings. The lowest BCUT2D eigenvalue weighted by Crippen LogP contribution is -2.12. The predicted molar refractivity (Wildman–Crippen MR) is 91.9 cm³/mol. The summed E-state index contributed by atoms with van der Waals surface area (Å²) in [6.45, 7) is 1.96. The van der Waals surface area contributed by atoms with Gasteiger partial charge in [0.15, 0.2) is 0 Å². The van der Waals surface area contributed by atoms with Gasteiger partial charge in [-0.1, -0.05) is 12.1 Å². The van der Waals surface area contributed by atoms with E-state index in [1.54, 1.807) is 12.1 Å². The average molecular weight is 337 g/mol. The molecule has 1 N–H and O–H groups in total. The normalized spacial score (nSPS) is 10.3. The lowest BCUT2D eigenvalue weighted by atomic mass is 10.00. The van der Waals surface area contributed by atoms with Crippen LogP contribution in [0.3, 0.4) is 0 Å². The van der Waals surface area contributed by atoms with Crippen LogP contribution in [0, 0.1) is 28.4 Å². The lowest BCUT2D eigenvalue weighted by molar-refractivity contribution is -0.384. The molecule has 0 amide bonds. The largest absolute Gasteiger partial charge is 0.320 e. The predicted octanol–water partition coefficient (Wildman–Crippen LogP) is 3.86. The number of hydrogen-bond acceptors (Lipinski definition) is 5. The second-order valence-electron chi connectivity index (χ2n) is 5.13. The van der Waals surface area contributed by atoms with Gasteiger partial charge in [-0.3, -0.25) is 14.9 Å². The second-order valence-corrected chi connectivity index (χ2v) is 6.42. The van der Waals surface area contributed by atoms with Crippen molar-refractivity contribution in [3.05, 3.63) is 73.4 Å². The lowest BCUT2D eigenvalue weighted by Gasteiger charge is -2.07. The number of nitrogens with zero attached hydrogens (tertiary/aromatic N) is 2. The number of nitro groups is 1. The Morgan fingerprint density at radius 1 is 1.25 bits per heavy atom. The van der Waals surface area contributed by atoms with Crippen LogP contribution < -0.4 is 5.56 Å². The zero-order valence-corrected chi connectivity index (χ0v) is 13.4. The molecule has 0 bridgehead atoms. The maximum absolute atomic E-state index is 12.3. The first kappa shape index (κ1) is 15.6. The minimum atomic E-state index is -0.512. The smallest absolute Gasteiger partial charge is 0.270 e. The van der Waals surface area contributed by atoms with Crippen molar-refractivity contribution in [1.29, 1.82) is 5.26 Å². The summed E-state index contributed by atoms with van der Waals surface area (Å²) in [6.07, 6.45) is 0. The Morgan fingerprint density at radius 3 is 2.67 bits per heavy atom. The van der Waals surface area contributed by atoms with Gasteiger partial charge in [-0.15, -0.1) is 11.3 Å². The van der Waals surface area contributed by atoms with Crippen molar-refractivity contribution in [2.45, 2.75) is 6.92 Å². The molecule has 24 heavy (non-hydrogen) atoms. The first-order valence-electron chi connectivity index (χ1n) is 6.98. The zero-order chi connectivity index (χ0) is 17.3. The standard InChI is InChI=1S/C17H11N3O3S/c1-10-5-6-16(24-10)15-8-13(14(9-18)17(21)19-15)11-3-2-4-12(7-11)20(22)23/h2-8H,1H3,(H,19,21). The third-order valence-corrected chi connectivity index (χ3v) is 4.55. The Bertz CT molecular complexity index is 1040. The van der Waals surface area contributed by atoms with Crippen molar-refractivity contribution in [2.75, 3.05) is 0 Å². The van der Waals surface area contributed by atoms with Gasteiger partial charge in [-0.05, 0) is 30.7 Å². The van der Waals surface area contributed by atoms with Crippen molar-refractivity contribution in [2.24, 2.45) is 0 Å². The minimum Gasteiger partial charge on any atom is -0.320 e. The number of aryl methyl sites for hydroxylation is 1. The van der Waals surface area contributed by atoms with Crippen LogP contribution >= 0.6 is 11.3 Å². The number of pyridine rings is 1. The summed E-state index contributed by atoms with van der Waals surface area (Å²) >= 11 is 1.51. The molecule has 0 radical (unpaired) electrons. The van der Waals surface area contributed by atoms with E-state index < -0.39 is 10.5 Å². The highest BCUT2D eigenvalue weighted by molar-refractivity contribution is 7.15. The van der Waals surface area contributed by atoms with Gasteiger partial charge in [0.05, 0.1) is 15.5 Å². The van der Waals surface area contributed by atoms with Gasteiger partial charge < -0.3 is 4.98 Å². The van der Waals surface area contributed by atoms with Crippen molar-refractivity contribution < 1.29 is 4.92 Å². The number of nitriles is 1. The molecule has 0 atom stereocenters. The first-order valence-corrected chi connectivity index (χ1v) is 7.80. The number of H-pyrrole nitrogens is 1. The van der Waals surface area contributed by atoms with Crippen molar-refractivity contribution in [3.8, 4) is 27.8 Å². The number of benzene rings is 1.